The van der Waals surface area contributed by atoms with Crippen LogP contribution in [-0.2, 0) is 4.79 Å². The first-order chi connectivity index (χ1) is 5.17. The van der Waals surface area contributed by atoms with Crippen LogP contribution < -0.4 is 0 Å². The smallest absolute Gasteiger partial charge is 0.209 e. The van der Waals surface area contributed by atoms with Crippen LogP contribution in [0.1, 0.15) is 20.8 Å². The van der Waals surface area contributed by atoms with Crippen LogP contribution in [-0.4, -0.2) is 5.78 Å². The Bertz CT molecular complexity index is 226. The number of nitrogens with zero attached hydrogens (tertiary/aromatic N) is 1. The maximum Gasteiger partial charge on any atom is 0.209 e. The van der Waals surface area contributed by atoms with Gasteiger partial charge < -0.3 is 0 Å². The van der Waals surface area contributed by atoms with Gasteiger partial charge in [-0.1, -0.05) is 12.2 Å². The van der Waals surface area contributed by atoms with Gasteiger partial charge in [0.1, 0.15) is 0 Å². The van der Waals surface area contributed by atoms with Crippen molar-refractivity contribution in [2.45, 2.75) is 20.8 Å². The number of rotatable bonds is 3. The monoisotopic (exact) mass is 153 g/mol. The van der Waals surface area contributed by atoms with Gasteiger partial charge in [-0.15, -0.1) is 4.91 Å². The lowest BCUT2D eigenvalue weighted by Gasteiger charge is -1.94. The number of hydrogen-bond donors (Lipinski definition) is 0. The van der Waals surface area contributed by atoms with Crippen LogP contribution in [0.15, 0.2) is 28.6 Å². The van der Waals surface area contributed by atoms with Gasteiger partial charge in [0.05, 0.1) is 0 Å². The Hall–Kier alpha value is -1.25. The molecular formula is C8H11NO2. The highest BCUT2D eigenvalue weighted by Gasteiger charge is 2.09. The van der Waals surface area contributed by atoms with Gasteiger partial charge in [0.2, 0.25) is 5.78 Å². The van der Waals surface area contributed by atoms with Crippen molar-refractivity contribution in [1.82, 2.24) is 0 Å². The zero-order chi connectivity index (χ0) is 8.85. The molecule has 0 unspecified atom stereocenters. The van der Waals surface area contributed by atoms with Gasteiger partial charge in [-0.05, 0) is 31.5 Å². The van der Waals surface area contributed by atoms with Gasteiger partial charge in [-0.3, -0.25) is 4.79 Å². The fourth-order valence-electron chi connectivity index (χ4n) is 0.558. The molecule has 0 aliphatic rings. The number of Topliss-reactive ketones (excluding diaryl/α,β-unsaturated/α-hetero) is 1. The van der Waals surface area contributed by atoms with Crippen molar-refractivity contribution in [3.63, 3.8) is 0 Å². The summed E-state index contributed by atoms with van der Waals surface area (Å²) in [6.45, 7) is 5.00. The van der Waals surface area contributed by atoms with E-state index in [2.05, 4.69) is 5.18 Å². The third kappa shape index (κ3) is 2.45. The lowest BCUT2D eigenvalue weighted by Crippen LogP contribution is -2.00. The zero-order valence-electron chi connectivity index (χ0n) is 6.92. The minimum absolute atomic E-state index is 0.0272. The van der Waals surface area contributed by atoms with Gasteiger partial charge in [-0.25, -0.2) is 0 Å². The molecule has 0 aliphatic carbocycles. The summed E-state index contributed by atoms with van der Waals surface area (Å²) in [7, 11) is 0. The number of hydrogen-bond acceptors (Lipinski definition) is 3. The van der Waals surface area contributed by atoms with E-state index in [1.165, 1.54) is 6.08 Å². The van der Waals surface area contributed by atoms with Crippen molar-refractivity contribution in [2.24, 2.45) is 5.18 Å². The summed E-state index contributed by atoms with van der Waals surface area (Å²) in [4.78, 5) is 21.1. The molecule has 3 nitrogen and oxygen atoms in total. The summed E-state index contributed by atoms with van der Waals surface area (Å²) in [6.07, 6.45) is 3.05. The van der Waals surface area contributed by atoms with E-state index in [0.717, 1.165) is 0 Å². The number of ketones is 1. The minimum atomic E-state index is -0.301. The second-order valence-electron chi connectivity index (χ2n) is 2.07. The fourth-order valence-corrected chi connectivity index (χ4v) is 0.558. The summed E-state index contributed by atoms with van der Waals surface area (Å²) < 4.78 is 0. The van der Waals surface area contributed by atoms with E-state index in [1.807, 2.05) is 0 Å². The summed E-state index contributed by atoms with van der Waals surface area (Å²) >= 11 is 0. The fraction of sp³-hybridized carbons (Fsp3) is 0.375. The van der Waals surface area contributed by atoms with Gasteiger partial charge in [0.15, 0.2) is 5.70 Å². The summed E-state index contributed by atoms with van der Waals surface area (Å²) in [5, 5.41) is 2.60. The van der Waals surface area contributed by atoms with Crippen LogP contribution in [0.3, 0.4) is 0 Å². The Morgan fingerprint density at radius 1 is 1.27 bits per heavy atom. The van der Waals surface area contributed by atoms with E-state index < -0.39 is 0 Å². The van der Waals surface area contributed by atoms with Crippen LogP contribution in [0, 0.1) is 4.91 Å². The number of carbonyl (C=O) groups is 1. The lowest BCUT2D eigenvalue weighted by molar-refractivity contribution is -0.112. The highest BCUT2D eigenvalue weighted by molar-refractivity contribution is 6.07. The van der Waals surface area contributed by atoms with Gasteiger partial charge in [0.25, 0.3) is 0 Å². The molecule has 0 saturated heterocycles. The summed E-state index contributed by atoms with van der Waals surface area (Å²) in [6, 6.07) is 0. The Balaban J connectivity index is 4.61. The number of allylic oxidation sites excluding steroid dienone is 3. The maximum atomic E-state index is 11.1. The molecule has 0 aromatic carbocycles. The molecule has 0 spiro atoms. The molecule has 0 fully saturated rings. The third-order valence-corrected chi connectivity index (χ3v) is 1.40. The molecule has 0 rings (SSSR count). The molecule has 0 radical (unpaired) electrons. The second-order valence-corrected chi connectivity index (χ2v) is 2.07. The predicted octanol–water partition coefficient (Wildman–Crippen LogP) is 2.19. The first kappa shape index (κ1) is 9.75. The molecular weight excluding hydrogens is 142 g/mol. The van der Waals surface area contributed by atoms with Gasteiger partial charge in [-0.2, -0.15) is 0 Å². The van der Waals surface area contributed by atoms with Crippen LogP contribution >= 0.6 is 0 Å². The minimum Gasteiger partial charge on any atom is -0.287 e. The van der Waals surface area contributed by atoms with E-state index in [4.69, 9.17) is 0 Å². The maximum absolute atomic E-state index is 11.1. The first-order valence-corrected chi connectivity index (χ1v) is 3.34. The molecule has 0 atom stereocenters. The summed E-state index contributed by atoms with van der Waals surface area (Å²) in [5.74, 6) is -0.301. The van der Waals surface area contributed by atoms with Crippen molar-refractivity contribution in [3.8, 4) is 0 Å². The molecule has 0 aromatic heterocycles. The predicted molar refractivity (Wildman–Crippen MR) is 44.0 cm³/mol. The molecule has 0 bridgehead atoms. The van der Waals surface area contributed by atoms with E-state index in [9.17, 15) is 9.70 Å². The Labute approximate surface area is 65.8 Å². The topological polar surface area (TPSA) is 46.5 Å². The summed E-state index contributed by atoms with van der Waals surface area (Å²) in [5.41, 5.74) is 0.512. The number of nitroso groups, excluding NO2 is 1. The molecule has 11 heavy (non-hydrogen) atoms. The van der Waals surface area contributed by atoms with Gasteiger partial charge in [0, 0.05) is 0 Å². The van der Waals surface area contributed by atoms with Gasteiger partial charge >= 0.3 is 0 Å². The normalized spacial score (nSPS) is 13.0. The van der Waals surface area contributed by atoms with E-state index in [1.54, 1.807) is 26.8 Å². The average molecular weight is 153 g/mol. The molecule has 60 valence electrons. The van der Waals surface area contributed by atoms with Crippen molar-refractivity contribution in [3.05, 3.63) is 28.3 Å². The second kappa shape index (κ2) is 4.55. The SMILES string of the molecule is CC=C(C)C(=O)/C(=C\C)N=O. The average Bonchev–Trinajstić information content (AvgIpc) is 2.05. The Morgan fingerprint density at radius 3 is 2.09 bits per heavy atom. The highest BCUT2D eigenvalue weighted by Crippen LogP contribution is 2.05. The standard InChI is InChI=1S/C8H11NO2/c1-4-6(3)8(10)7(5-2)9-11/h4-5H,1-3H3/b6-4?,7-5+. The van der Waals surface area contributed by atoms with Crippen molar-refractivity contribution in [1.29, 1.82) is 0 Å². The first-order valence-electron chi connectivity index (χ1n) is 3.34. The molecule has 0 heterocycles. The zero-order valence-corrected chi connectivity index (χ0v) is 6.92. The highest BCUT2D eigenvalue weighted by atomic mass is 16.3. The molecule has 0 amide bonds. The van der Waals surface area contributed by atoms with Crippen molar-refractivity contribution >= 4 is 5.78 Å². The lowest BCUT2D eigenvalue weighted by atomic mass is 10.1. The van der Waals surface area contributed by atoms with E-state index in [0.29, 0.717) is 5.57 Å². The van der Waals surface area contributed by atoms with E-state index in [-0.39, 0.29) is 11.5 Å². The number of carbonyl (C=O) groups excluding carboxylic acids is 1. The molecule has 0 saturated carbocycles. The third-order valence-electron chi connectivity index (χ3n) is 1.40. The van der Waals surface area contributed by atoms with Crippen molar-refractivity contribution < 1.29 is 4.79 Å². The molecule has 0 aliphatic heterocycles. The van der Waals surface area contributed by atoms with Crippen LogP contribution in [0.2, 0.25) is 0 Å². The van der Waals surface area contributed by atoms with Crippen LogP contribution in [0.5, 0.6) is 0 Å². The molecule has 3 heteroatoms. The van der Waals surface area contributed by atoms with Crippen LogP contribution in [0.25, 0.3) is 0 Å². The van der Waals surface area contributed by atoms with E-state index >= 15 is 0 Å². The Kier molecular flexibility index (Phi) is 4.03. The molecule has 0 aromatic rings. The Morgan fingerprint density at radius 2 is 1.82 bits per heavy atom. The van der Waals surface area contributed by atoms with Crippen LogP contribution in [0.4, 0.5) is 0 Å². The quantitative estimate of drug-likeness (QED) is 0.461. The van der Waals surface area contributed by atoms with Crippen molar-refractivity contribution in [2.75, 3.05) is 0 Å². The molecule has 0 N–H and O–H groups in total. The largest absolute Gasteiger partial charge is 0.287 e.